The number of anilines is 1. The maximum absolute atomic E-state index is 11.8. The Kier molecular flexibility index (Phi) is 5.02. The topological polar surface area (TPSA) is 84.3 Å². The number of fused-ring (bicyclic) bond motifs is 2. The van der Waals surface area contributed by atoms with Crippen LogP contribution < -0.4 is 9.46 Å². The molecule has 2 aromatic carbocycles. The number of methoxy groups -OCH3 is 1. The van der Waals surface area contributed by atoms with Gasteiger partial charge in [0, 0.05) is 17.0 Å². The van der Waals surface area contributed by atoms with Crippen molar-refractivity contribution in [3.8, 4) is 5.75 Å². The summed E-state index contributed by atoms with van der Waals surface area (Å²) in [5.74, 6) is 1.58. The maximum Gasteiger partial charge on any atom is 0.229 e. The van der Waals surface area contributed by atoms with E-state index in [0.717, 1.165) is 52.3 Å². The number of H-pyrrole nitrogens is 1. The summed E-state index contributed by atoms with van der Waals surface area (Å²) in [7, 11) is -1.75. The van der Waals surface area contributed by atoms with Gasteiger partial charge in [-0.15, -0.1) is 0 Å². The van der Waals surface area contributed by atoms with E-state index in [1.807, 2.05) is 36.5 Å². The van der Waals surface area contributed by atoms with E-state index in [9.17, 15) is 8.42 Å². The molecule has 2 aromatic heterocycles. The summed E-state index contributed by atoms with van der Waals surface area (Å²) < 4.78 is 38.0. The smallest absolute Gasteiger partial charge is 0.229 e. The second-order valence-corrected chi connectivity index (χ2v) is 9.33. The molecule has 0 aliphatic carbocycles. The van der Waals surface area contributed by atoms with Gasteiger partial charge >= 0.3 is 0 Å². The van der Waals surface area contributed by atoms with Gasteiger partial charge in [-0.3, -0.25) is 4.72 Å². The normalized spacial score (nSPS) is 12.5. The predicted molar refractivity (Wildman–Crippen MR) is 121 cm³/mol. The molecule has 4 rings (SSSR count). The number of furan rings is 1. The molecule has 6 nitrogen and oxygen atoms in total. The van der Waals surface area contributed by atoms with Gasteiger partial charge in [0.15, 0.2) is 11.3 Å². The molecule has 2 N–H and O–H groups in total. The third kappa shape index (κ3) is 3.23. The van der Waals surface area contributed by atoms with Crippen LogP contribution in [0, 0.1) is 0 Å². The molecule has 0 radical (unpaired) electrons. The Morgan fingerprint density at radius 2 is 1.87 bits per heavy atom. The minimum Gasteiger partial charge on any atom is -0.493 e. The van der Waals surface area contributed by atoms with Crippen LogP contribution in [0.1, 0.15) is 38.0 Å². The molecule has 0 saturated heterocycles. The van der Waals surface area contributed by atoms with Gasteiger partial charge in [-0.25, -0.2) is 8.42 Å². The van der Waals surface area contributed by atoms with Crippen molar-refractivity contribution in [3.05, 3.63) is 60.0 Å². The molecule has 0 aliphatic heterocycles. The summed E-state index contributed by atoms with van der Waals surface area (Å²) in [5, 5.41) is 1.97. The van der Waals surface area contributed by atoms with Crippen LogP contribution in [0.15, 0.2) is 53.1 Å². The molecule has 2 heterocycles. The highest BCUT2D eigenvalue weighted by atomic mass is 32.2. The molecule has 0 spiro atoms. The fourth-order valence-electron chi connectivity index (χ4n) is 4.38. The summed E-state index contributed by atoms with van der Waals surface area (Å²) in [6.07, 6.45) is 4.76. The van der Waals surface area contributed by atoms with Gasteiger partial charge in [0.1, 0.15) is 5.76 Å². The Balaban J connectivity index is 1.94. The minimum absolute atomic E-state index is 0.369. The summed E-state index contributed by atoms with van der Waals surface area (Å²) in [6, 6.07) is 13.6. The van der Waals surface area contributed by atoms with E-state index in [2.05, 4.69) is 29.6 Å². The number of rotatable bonds is 7. The van der Waals surface area contributed by atoms with Crippen molar-refractivity contribution in [1.82, 2.24) is 4.98 Å². The van der Waals surface area contributed by atoms with E-state index in [0.29, 0.717) is 11.4 Å². The van der Waals surface area contributed by atoms with Crippen LogP contribution in [0.2, 0.25) is 0 Å². The number of aromatic amines is 1. The lowest BCUT2D eigenvalue weighted by atomic mass is 9.73. The molecule has 0 amide bonds. The molecule has 30 heavy (non-hydrogen) atoms. The number of benzene rings is 2. The average molecular weight is 427 g/mol. The first-order valence-corrected chi connectivity index (χ1v) is 11.9. The summed E-state index contributed by atoms with van der Waals surface area (Å²) in [6.45, 7) is 4.29. The van der Waals surface area contributed by atoms with Gasteiger partial charge in [0.25, 0.3) is 0 Å². The van der Waals surface area contributed by atoms with Crippen molar-refractivity contribution in [2.45, 2.75) is 32.1 Å². The van der Waals surface area contributed by atoms with Crippen LogP contribution in [0.4, 0.5) is 5.69 Å². The molecular formula is C23H26N2O4S. The van der Waals surface area contributed by atoms with Crippen molar-refractivity contribution in [3.63, 3.8) is 0 Å². The number of hydrogen-bond acceptors (Lipinski definition) is 4. The zero-order valence-electron chi connectivity index (χ0n) is 17.6. The van der Waals surface area contributed by atoms with E-state index in [1.165, 1.54) is 0 Å². The average Bonchev–Trinajstić information content (AvgIpc) is 3.34. The molecular weight excluding hydrogens is 400 g/mol. The molecule has 0 atom stereocenters. The van der Waals surface area contributed by atoms with Crippen molar-refractivity contribution in [2.75, 3.05) is 18.1 Å². The molecule has 7 heteroatoms. The van der Waals surface area contributed by atoms with Crippen molar-refractivity contribution in [1.29, 1.82) is 0 Å². The van der Waals surface area contributed by atoms with Gasteiger partial charge in [0.05, 0.1) is 30.0 Å². The third-order valence-electron chi connectivity index (χ3n) is 5.93. The second kappa shape index (κ2) is 7.40. The minimum atomic E-state index is -3.39. The van der Waals surface area contributed by atoms with Crippen LogP contribution in [-0.2, 0) is 15.4 Å². The van der Waals surface area contributed by atoms with Crippen molar-refractivity contribution >= 4 is 37.6 Å². The first-order valence-electron chi connectivity index (χ1n) is 9.98. The van der Waals surface area contributed by atoms with Crippen molar-refractivity contribution in [2.24, 2.45) is 0 Å². The lowest BCUT2D eigenvalue weighted by molar-refractivity contribution is 0.368. The fourth-order valence-corrected chi connectivity index (χ4v) is 4.95. The summed E-state index contributed by atoms with van der Waals surface area (Å²) in [4.78, 5) is 3.29. The van der Waals surface area contributed by atoms with E-state index in [4.69, 9.17) is 9.15 Å². The van der Waals surface area contributed by atoms with Crippen LogP contribution in [-0.4, -0.2) is 26.8 Å². The Morgan fingerprint density at radius 3 is 2.53 bits per heavy atom. The SMILES string of the molecule is CCC(CC)(c1cc2cccc(OC)c2o1)c1c[nH]c2c(NS(C)(=O)=O)cccc12. The van der Waals surface area contributed by atoms with Gasteiger partial charge in [-0.1, -0.05) is 38.1 Å². The van der Waals surface area contributed by atoms with Gasteiger partial charge in [0.2, 0.25) is 10.0 Å². The summed E-state index contributed by atoms with van der Waals surface area (Å²) >= 11 is 0. The molecule has 4 aromatic rings. The van der Waals surface area contributed by atoms with Gasteiger partial charge in [-0.2, -0.15) is 0 Å². The number of sulfonamides is 1. The van der Waals surface area contributed by atoms with E-state index < -0.39 is 10.0 Å². The third-order valence-corrected chi connectivity index (χ3v) is 6.52. The first kappa shape index (κ1) is 20.3. The van der Waals surface area contributed by atoms with E-state index >= 15 is 0 Å². The molecule has 0 fully saturated rings. The van der Waals surface area contributed by atoms with Gasteiger partial charge in [-0.05, 0) is 36.6 Å². The Morgan fingerprint density at radius 1 is 1.13 bits per heavy atom. The first-order chi connectivity index (χ1) is 14.3. The zero-order valence-corrected chi connectivity index (χ0v) is 18.4. The van der Waals surface area contributed by atoms with Crippen LogP contribution in [0.3, 0.4) is 0 Å². The lowest BCUT2D eigenvalue weighted by Gasteiger charge is -2.29. The maximum atomic E-state index is 11.8. The molecule has 0 saturated carbocycles. The fraction of sp³-hybridized carbons (Fsp3) is 0.304. The van der Waals surface area contributed by atoms with E-state index in [1.54, 1.807) is 13.2 Å². The highest BCUT2D eigenvalue weighted by molar-refractivity contribution is 7.92. The largest absolute Gasteiger partial charge is 0.493 e. The predicted octanol–water partition coefficient (Wildman–Crippen LogP) is 5.40. The number of aromatic nitrogens is 1. The molecule has 0 unspecified atom stereocenters. The van der Waals surface area contributed by atoms with Crippen LogP contribution in [0.25, 0.3) is 21.9 Å². The number of hydrogen-bond donors (Lipinski definition) is 2. The number of nitrogens with one attached hydrogen (secondary N) is 2. The number of para-hydroxylation sites is 2. The standard InChI is InChI=1S/C23H26N2O4S/c1-5-23(6-2,20-13-15-9-7-12-19(28-3)22(15)29-20)17-14-24-21-16(17)10-8-11-18(21)25-30(4,26)27/h7-14,24-25H,5-6H2,1-4H3. The highest BCUT2D eigenvalue weighted by Crippen LogP contribution is 2.45. The Labute approximate surface area is 176 Å². The molecule has 0 aliphatic rings. The van der Waals surface area contributed by atoms with Crippen LogP contribution >= 0.6 is 0 Å². The second-order valence-electron chi connectivity index (χ2n) is 7.58. The monoisotopic (exact) mass is 426 g/mol. The highest BCUT2D eigenvalue weighted by Gasteiger charge is 2.37. The van der Waals surface area contributed by atoms with E-state index in [-0.39, 0.29) is 5.41 Å². The lowest BCUT2D eigenvalue weighted by Crippen LogP contribution is -2.25. The quantitative estimate of drug-likeness (QED) is 0.414. The van der Waals surface area contributed by atoms with Crippen molar-refractivity contribution < 1.29 is 17.6 Å². The zero-order chi connectivity index (χ0) is 21.5. The van der Waals surface area contributed by atoms with Gasteiger partial charge < -0.3 is 14.1 Å². The molecule has 158 valence electrons. The Bertz CT molecular complexity index is 1310. The molecule has 0 bridgehead atoms. The number of ether oxygens (including phenoxy) is 1. The Hall–Kier alpha value is -2.93. The van der Waals surface area contributed by atoms with Crippen LogP contribution in [0.5, 0.6) is 5.75 Å². The summed E-state index contributed by atoms with van der Waals surface area (Å²) in [5.41, 5.74) is 2.75.